The normalized spacial score (nSPS) is 14.7. The number of carbonyl (C=O) groups excluding carboxylic acids is 1. The van der Waals surface area contributed by atoms with Crippen LogP contribution in [0.4, 0.5) is 5.82 Å². The fourth-order valence-corrected chi connectivity index (χ4v) is 3.73. The molecule has 0 radical (unpaired) electrons. The van der Waals surface area contributed by atoms with E-state index in [-0.39, 0.29) is 11.7 Å². The molecule has 0 saturated carbocycles. The number of phenolic OH excluding ortho intramolecular Hbond substituents is 1. The summed E-state index contributed by atoms with van der Waals surface area (Å²) < 4.78 is 0. The van der Waals surface area contributed by atoms with Crippen LogP contribution in [0.2, 0.25) is 0 Å². The molecule has 0 atom stereocenters. The molecular formula is C20H18N6O2. The van der Waals surface area contributed by atoms with E-state index in [0.717, 1.165) is 27.6 Å². The maximum atomic E-state index is 13.0. The molecule has 5 rings (SSSR count). The number of benzene rings is 2. The molecule has 1 saturated heterocycles. The van der Waals surface area contributed by atoms with Crippen LogP contribution >= 0.6 is 0 Å². The number of aromatic hydroxyl groups is 1. The van der Waals surface area contributed by atoms with Crippen molar-refractivity contribution in [3.8, 4) is 5.75 Å². The lowest BCUT2D eigenvalue weighted by Gasteiger charge is -2.35. The van der Waals surface area contributed by atoms with Gasteiger partial charge in [0.2, 0.25) is 0 Å². The van der Waals surface area contributed by atoms with Crippen molar-refractivity contribution in [1.29, 1.82) is 0 Å². The van der Waals surface area contributed by atoms with Gasteiger partial charge in [0, 0.05) is 37.0 Å². The summed E-state index contributed by atoms with van der Waals surface area (Å²) in [5.41, 5.74) is 2.31. The summed E-state index contributed by atoms with van der Waals surface area (Å²) in [6, 6.07) is 10.7. The molecule has 140 valence electrons. The minimum absolute atomic E-state index is 0.0110. The number of nitrogens with one attached hydrogen (secondary N) is 1. The first-order valence-electron chi connectivity index (χ1n) is 9.11. The molecular weight excluding hydrogens is 356 g/mol. The van der Waals surface area contributed by atoms with Crippen LogP contribution < -0.4 is 4.90 Å². The molecule has 8 heteroatoms. The molecule has 0 aliphatic carbocycles. The molecule has 1 amide bonds. The molecule has 2 N–H and O–H groups in total. The Kier molecular flexibility index (Phi) is 3.82. The molecule has 2 aromatic heterocycles. The Morgan fingerprint density at radius 2 is 1.89 bits per heavy atom. The van der Waals surface area contributed by atoms with Gasteiger partial charge in [0.05, 0.1) is 22.8 Å². The van der Waals surface area contributed by atoms with Gasteiger partial charge in [0.25, 0.3) is 5.91 Å². The van der Waals surface area contributed by atoms with Crippen LogP contribution in [0.1, 0.15) is 10.4 Å². The highest BCUT2D eigenvalue weighted by molar-refractivity contribution is 6.06. The minimum Gasteiger partial charge on any atom is -0.508 e. The van der Waals surface area contributed by atoms with E-state index in [4.69, 9.17) is 0 Å². The SMILES string of the molecule is O=C(c1cccc2[nH]ncc12)N1CCN(c2ncnc3ccc(O)cc23)CC1. The van der Waals surface area contributed by atoms with Gasteiger partial charge in [0.15, 0.2) is 0 Å². The van der Waals surface area contributed by atoms with Crippen LogP contribution in [0.15, 0.2) is 48.9 Å². The highest BCUT2D eigenvalue weighted by atomic mass is 16.3. The Labute approximate surface area is 160 Å². The van der Waals surface area contributed by atoms with Gasteiger partial charge < -0.3 is 14.9 Å². The fraction of sp³-hybridized carbons (Fsp3) is 0.200. The number of rotatable bonds is 2. The summed E-state index contributed by atoms with van der Waals surface area (Å²) in [6.45, 7) is 2.51. The third kappa shape index (κ3) is 2.70. The van der Waals surface area contributed by atoms with Crippen molar-refractivity contribution in [3.63, 3.8) is 0 Å². The number of hydrogen-bond donors (Lipinski definition) is 2. The summed E-state index contributed by atoms with van der Waals surface area (Å²) in [4.78, 5) is 25.7. The van der Waals surface area contributed by atoms with E-state index < -0.39 is 0 Å². The van der Waals surface area contributed by atoms with Crippen LogP contribution in [0, 0.1) is 0 Å². The van der Waals surface area contributed by atoms with Crippen molar-refractivity contribution in [3.05, 3.63) is 54.5 Å². The van der Waals surface area contributed by atoms with E-state index in [2.05, 4.69) is 25.1 Å². The molecule has 4 aromatic rings. The zero-order valence-electron chi connectivity index (χ0n) is 15.0. The van der Waals surface area contributed by atoms with Crippen molar-refractivity contribution in [1.82, 2.24) is 25.1 Å². The van der Waals surface area contributed by atoms with Crippen molar-refractivity contribution in [2.75, 3.05) is 31.1 Å². The van der Waals surface area contributed by atoms with Gasteiger partial charge in [-0.25, -0.2) is 9.97 Å². The van der Waals surface area contributed by atoms with E-state index in [1.54, 1.807) is 24.4 Å². The van der Waals surface area contributed by atoms with Crippen LogP contribution in [0.5, 0.6) is 5.75 Å². The number of aromatic amines is 1. The Morgan fingerprint density at radius 3 is 2.75 bits per heavy atom. The smallest absolute Gasteiger partial charge is 0.254 e. The van der Waals surface area contributed by atoms with E-state index in [9.17, 15) is 9.90 Å². The second-order valence-corrected chi connectivity index (χ2v) is 6.81. The van der Waals surface area contributed by atoms with Crippen molar-refractivity contribution in [2.24, 2.45) is 0 Å². The zero-order chi connectivity index (χ0) is 19.1. The third-order valence-corrected chi connectivity index (χ3v) is 5.18. The molecule has 3 heterocycles. The van der Waals surface area contributed by atoms with Crippen LogP contribution in [-0.4, -0.2) is 62.3 Å². The van der Waals surface area contributed by atoms with E-state index in [1.165, 1.54) is 6.33 Å². The number of piperazine rings is 1. The number of amides is 1. The van der Waals surface area contributed by atoms with Gasteiger partial charge in [0.1, 0.15) is 17.9 Å². The number of phenols is 1. The first-order valence-corrected chi connectivity index (χ1v) is 9.11. The van der Waals surface area contributed by atoms with Crippen LogP contribution in [0.25, 0.3) is 21.8 Å². The molecule has 28 heavy (non-hydrogen) atoms. The second kappa shape index (κ2) is 6.49. The average Bonchev–Trinajstić information content (AvgIpc) is 3.22. The summed E-state index contributed by atoms with van der Waals surface area (Å²) in [5.74, 6) is 0.979. The molecule has 2 aromatic carbocycles. The van der Waals surface area contributed by atoms with Crippen LogP contribution in [0.3, 0.4) is 0 Å². The lowest BCUT2D eigenvalue weighted by molar-refractivity contribution is 0.0748. The third-order valence-electron chi connectivity index (χ3n) is 5.18. The number of hydrogen-bond acceptors (Lipinski definition) is 6. The lowest BCUT2D eigenvalue weighted by atomic mass is 10.1. The van der Waals surface area contributed by atoms with Gasteiger partial charge in [-0.3, -0.25) is 9.89 Å². The predicted octanol–water partition coefficient (Wildman–Crippen LogP) is 2.17. The summed E-state index contributed by atoms with van der Waals surface area (Å²) >= 11 is 0. The lowest BCUT2D eigenvalue weighted by Crippen LogP contribution is -2.49. The Balaban J connectivity index is 1.38. The quantitative estimate of drug-likeness (QED) is 0.558. The summed E-state index contributed by atoms with van der Waals surface area (Å²) in [6.07, 6.45) is 3.23. The van der Waals surface area contributed by atoms with E-state index in [0.29, 0.717) is 31.7 Å². The van der Waals surface area contributed by atoms with Crippen molar-refractivity contribution in [2.45, 2.75) is 0 Å². The Morgan fingerprint density at radius 1 is 1.04 bits per heavy atom. The topological polar surface area (TPSA) is 98.2 Å². The number of nitrogens with zero attached hydrogens (tertiary/aromatic N) is 5. The molecule has 1 aliphatic heterocycles. The van der Waals surface area contributed by atoms with Crippen molar-refractivity contribution >= 4 is 33.5 Å². The van der Waals surface area contributed by atoms with E-state index >= 15 is 0 Å². The van der Waals surface area contributed by atoms with Crippen LogP contribution in [-0.2, 0) is 0 Å². The largest absolute Gasteiger partial charge is 0.508 e. The predicted molar refractivity (Wildman–Crippen MR) is 105 cm³/mol. The zero-order valence-corrected chi connectivity index (χ0v) is 15.0. The highest BCUT2D eigenvalue weighted by Gasteiger charge is 2.25. The standard InChI is InChI=1S/C20H18N6O2/c27-13-4-5-17-15(10-13)19(22-12-21-17)25-6-8-26(9-7-25)20(28)14-2-1-3-18-16(14)11-23-24-18/h1-5,10-12,27H,6-9H2,(H,23,24). The number of fused-ring (bicyclic) bond motifs is 2. The monoisotopic (exact) mass is 374 g/mol. The Hall–Kier alpha value is -3.68. The second-order valence-electron chi connectivity index (χ2n) is 6.81. The molecule has 8 nitrogen and oxygen atoms in total. The van der Waals surface area contributed by atoms with Gasteiger partial charge in [-0.2, -0.15) is 5.10 Å². The number of aromatic nitrogens is 4. The molecule has 1 aliphatic rings. The summed E-state index contributed by atoms with van der Waals surface area (Å²) in [7, 11) is 0. The average molecular weight is 374 g/mol. The maximum Gasteiger partial charge on any atom is 0.254 e. The van der Waals surface area contributed by atoms with Gasteiger partial charge in [-0.15, -0.1) is 0 Å². The van der Waals surface area contributed by atoms with Gasteiger partial charge in [-0.05, 0) is 30.3 Å². The summed E-state index contributed by atoms with van der Waals surface area (Å²) in [5, 5.41) is 18.4. The number of H-pyrrole nitrogens is 1. The molecule has 0 spiro atoms. The van der Waals surface area contributed by atoms with Crippen molar-refractivity contribution < 1.29 is 9.90 Å². The van der Waals surface area contributed by atoms with Gasteiger partial charge >= 0.3 is 0 Å². The first kappa shape index (κ1) is 16.5. The fourth-order valence-electron chi connectivity index (χ4n) is 3.73. The minimum atomic E-state index is 0.0110. The maximum absolute atomic E-state index is 13.0. The first-order chi connectivity index (χ1) is 13.7. The molecule has 1 fully saturated rings. The number of carbonyl (C=O) groups is 1. The molecule has 0 unspecified atom stereocenters. The highest BCUT2D eigenvalue weighted by Crippen LogP contribution is 2.27. The Bertz CT molecular complexity index is 1180. The molecule has 0 bridgehead atoms. The van der Waals surface area contributed by atoms with Gasteiger partial charge in [-0.1, -0.05) is 6.07 Å². The van der Waals surface area contributed by atoms with E-state index in [1.807, 2.05) is 23.1 Å². The number of anilines is 1.